The van der Waals surface area contributed by atoms with E-state index in [2.05, 4.69) is 112 Å². The molecule has 0 bridgehead atoms. The van der Waals surface area contributed by atoms with Crippen molar-refractivity contribution in [1.29, 1.82) is 0 Å². The smallest absolute Gasteiger partial charge is 0.137 e. The molecule has 80 heavy (non-hydrogen) atoms. The Labute approximate surface area is 483 Å². The molecule has 10 rings (SSSR count). The van der Waals surface area contributed by atoms with Crippen LogP contribution in [0.1, 0.15) is 173 Å². The highest BCUT2D eigenvalue weighted by atomic mass is 15.4. The zero-order valence-corrected chi connectivity index (χ0v) is 55.3. The van der Waals surface area contributed by atoms with Gasteiger partial charge in [0.1, 0.15) is 61.8 Å². The van der Waals surface area contributed by atoms with E-state index in [9.17, 15) is 0 Å². The van der Waals surface area contributed by atoms with Crippen LogP contribution in [-0.4, -0.2) is 130 Å². The number of nitrogens with zero attached hydrogens (tertiary/aromatic N) is 20. The van der Waals surface area contributed by atoms with Crippen molar-refractivity contribution >= 4 is 0 Å². The Morgan fingerprint density at radius 2 is 0.762 bits per heavy atom. The summed E-state index contributed by atoms with van der Waals surface area (Å²) in [5, 5.41) is 60.0. The van der Waals surface area contributed by atoms with Gasteiger partial charge in [0.2, 0.25) is 0 Å². The molecule has 0 aliphatic carbocycles. The van der Waals surface area contributed by atoms with Crippen molar-refractivity contribution in [3.63, 3.8) is 0 Å². The van der Waals surface area contributed by atoms with Gasteiger partial charge in [-0.3, -0.25) is 40.0 Å². The standard InChI is InChI=1S/4C4H6N2.6C3H5N3.10C2H6/c1-4-2-5-6-3-4;1-6-4-2-3-5-6;2*1-4-2-3-5-6-4;1-6-2-4-5-3-6;1-6-3-4-2-5-6;1-6-4-2-3-5-6;3*1-3-4-2-5-6-3;10*1-2/h2-3H,1H3,(H,5,6);2-4H,1H3;2*2-3H,1H3,(H,5,6);3*2-3H,1H3;3*2H,1H3,(H,4,5,6);10*1-2H3. The zero-order chi connectivity index (χ0) is 64.1. The van der Waals surface area contributed by atoms with E-state index in [4.69, 9.17) is 0 Å². The highest BCUT2D eigenvalue weighted by molar-refractivity contribution is 4.97. The number of nitrogens with one attached hydrogen (secondary N) is 6. The minimum Gasteiger partial charge on any atom is -0.323 e. The van der Waals surface area contributed by atoms with Crippen LogP contribution in [0.3, 0.4) is 0 Å². The molecule has 0 spiro atoms. The van der Waals surface area contributed by atoms with Gasteiger partial charge in [-0.2, -0.15) is 55.8 Å². The number of hydrogen-bond acceptors (Lipinski definition) is 16. The molecule has 0 unspecified atom stereocenters. The summed E-state index contributed by atoms with van der Waals surface area (Å²) in [7, 11) is 7.37. The molecule has 0 aliphatic heterocycles. The van der Waals surface area contributed by atoms with E-state index in [0.29, 0.717) is 0 Å². The van der Waals surface area contributed by atoms with Gasteiger partial charge in [-0.25, -0.2) is 19.9 Å². The van der Waals surface area contributed by atoms with Crippen molar-refractivity contribution in [1.82, 2.24) is 130 Å². The molecule has 10 heterocycles. The summed E-state index contributed by atoms with van der Waals surface area (Å²) in [5.41, 5.74) is 3.39. The zero-order valence-electron chi connectivity index (χ0n) is 55.3. The Kier molecular flexibility index (Phi) is 106. The molecule has 0 saturated heterocycles. The maximum Gasteiger partial charge on any atom is 0.137 e. The molecular weight excluding hydrogens is 1010 g/mol. The first-order valence-electron chi connectivity index (χ1n) is 27.6. The molecule has 26 nitrogen and oxygen atoms in total. The van der Waals surface area contributed by atoms with Crippen molar-refractivity contribution in [3.8, 4) is 0 Å². The van der Waals surface area contributed by atoms with Gasteiger partial charge in [0.15, 0.2) is 0 Å². The largest absolute Gasteiger partial charge is 0.323 e. The molecule has 0 atom stereocenters. The normalized spacial score (nSPS) is 7.38. The third kappa shape index (κ3) is 86.4. The van der Waals surface area contributed by atoms with Crippen molar-refractivity contribution in [3.05, 3.63) is 146 Å². The van der Waals surface area contributed by atoms with E-state index < -0.39 is 0 Å². The van der Waals surface area contributed by atoms with Crippen LogP contribution in [0.25, 0.3) is 0 Å². The minimum atomic E-state index is 0.856. The highest BCUT2D eigenvalue weighted by Gasteiger charge is 1.78. The van der Waals surface area contributed by atoms with Gasteiger partial charge >= 0.3 is 0 Å². The van der Waals surface area contributed by atoms with E-state index in [1.807, 2.05) is 232 Å². The first kappa shape index (κ1) is 94.1. The molecule has 6 N–H and O–H groups in total. The predicted molar refractivity (Wildman–Crippen MR) is 333 cm³/mol. The Hall–Kier alpha value is -8.32. The lowest BCUT2D eigenvalue weighted by Crippen LogP contribution is -1.89. The molecule has 0 saturated carbocycles. The van der Waals surface area contributed by atoms with E-state index in [-0.39, 0.29) is 0 Å². The Morgan fingerprint density at radius 1 is 0.375 bits per heavy atom. The number of aromatic nitrogens is 26. The van der Waals surface area contributed by atoms with Gasteiger partial charge in [0.25, 0.3) is 0 Å². The summed E-state index contributed by atoms with van der Waals surface area (Å²) in [6.45, 7) is 51.5. The summed E-state index contributed by atoms with van der Waals surface area (Å²) >= 11 is 0. The van der Waals surface area contributed by atoms with Crippen LogP contribution < -0.4 is 0 Å². The SMILES string of the molecule is CC.CC.CC.CC.CC.CC.CC.CC.CC.CC.Cc1ccn[nH]1.Cc1ccn[nH]1.Cc1cn[nH]c1.Cc1ncn[nH]1.Cc1ncn[nH]1.Cc1ncn[nH]1.Cn1cccn1.Cn1cncn1.Cn1cnnc1.Cn1nccn1. The van der Waals surface area contributed by atoms with Crippen LogP contribution >= 0.6 is 0 Å². The first-order valence-corrected chi connectivity index (χ1v) is 27.6. The fourth-order valence-electron chi connectivity index (χ4n) is 2.91. The average Bonchev–Trinajstić information content (AvgIpc) is 4.32. The van der Waals surface area contributed by atoms with E-state index >= 15 is 0 Å². The Balaban J connectivity index is -0.0000000822. The molecule has 26 heteroatoms. The van der Waals surface area contributed by atoms with Gasteiger partial charge in [0.05, 0.1) is 18.6 Å². The molecule has 0 radical (unpaired) electrons. The molecule has 0 fully saturated rings. The molecule has 0 amide bonds. The second-order valence-corrected chi connectivity index (χ2v) is 11.4. The monoisotopic (exact) mass is 1130 g/mol. The fraction of sp³-hybridized carbons (Fsp3) is 0.556. The molecule has 0 aliphatic rings. The van der Waals surface area contributed by atoms with Crippen molar-refractivity contribution < 1.29 is 0 Å². The quantitative estimate of drug-likeness (QED) is 0.0822. The lowest BCUT2D eigenvalue weighted by atomic mass is 10.4. The van der Waals surface area contributed by atoms with Crippen LogP contribution in [0.2, 0.25) is 0 Å². The van der Waals surface area contributed by atoms with E-state index in [0.717, 1.165) is 28.9 Å². The molecule has 0 aromatic carbocycles. The second kappa shape index (κ2) is 90.2. The van der Waals surface area contributed by atoms with Crippen LogP contribution in [0.15, 0.2) is 112 Å². The van der Waals surface area contributed by atoms with Crippen LogP contribution in [0, 0.1) is 41.5 Å². The molecular formula is C54H114N26. The van der Waals surface area contributed by atoms with Gasteiger partial charge in [-0.1, -0.05) is 138 Å². The minimum absolute atomic E-state index is 0.856. The maximum atomic E-state index is 3.83. The lowest BCUT2D eigenvalue weighted by molar-refractivity contribution is 0.654. The Bertz CT molecular complexity index is 1640. The molecule has 10 aromatic heterocycles. The summed E-state index contributed by atoms with van der Waals surface area (Å²) in [6, 6.07) is 5.72. The topological polar surface area (TPSA) is 321 Å². The summed E-state index contributed by atoms with van der Waals surface area (Å²) in [6.07, 6.45) is 24.9. The van der Waals surface area contributed by atoms with Crippen LogP contribution in [0.5, 0.6) is 0 Å². The number of H-pyrrole nitrogens is 6. The van der Waals surface area contributed by atoms with Crippen molar-refractivity contribution in [2.75, 3.05) is 0 Å². The van der Waals surface area contributed by atoms with E-state index in [1.54, 1.807) is 77.1 Å². The summed E-state index contributed by atoms with van der Waals surface area (Å²) < 4.78 is 5.17. The van der Waals surface area contributed by atoms with Crippen LogP contribution in [-0.2, 0) is 28.2 Å². The number of aromatic amines is 6. The van der Waals surface area contributed by atoms with Gasteiger partial charge in [-0.05, 0) is 65.3 Å². The van der Waals surface area contributed by atoms with Crippen molar-refractivity contribution in [2.45, 2.75) is 180 Å². The number of hydrogen-bond donors (Lipinski definition) is 6. The lowest BCUT2D eigenvalue weighted by Gasteiger charge is -1.77. The third-order valence-corrected chi connectivity index (χ3v) is 5.76. The first-order chi connectivity index (χ1) is 38.9. The van der Waals surface area contributed by atoms with Crippen LogP contribution in [0.4, 0.5) is 0 Å². The second-order valence-electron chi connectivity index (χ2n) is 11.4. The summed E-state index contributed by atoms with van der Waals surface area (Å²) in [5.74, 6) is 2.57. The highest BCUT2D eigenvalue weighted by Crippen LogP contribution is 1.85. The summed E-state index contributed by atoms with van der Waals surface area (Å²) in [4.78, 5) is 16.4. The number of rotatable bonds is 0. The van der Waals surface area contributed by atoms with Gasteiger partial charge in [0, 0.05) is 70.6 Å². The van der Waals surface area contributed by atoms with Gasteiger partial charge in [-0.15, -0.1) is 10.2 Å². The molecule has 460 valence electrons. The van der Waals surface area contributed by atoms with E-state index in [1.165, 1.54) is 35.7 Å². The predicted octanol–water partition coefficient (Wildman–Crippen LogP) is 12.6. The van der Waals surface area contributed by atoms with Gasteiger partial charge < -0.3 is 4.57 Å². The fourth-order valence-corrected chi connectivity index (χ4v) is 2.91. The molecule has 10 aromatic rings. The Morgan fingerprint density at radius 3 is 0.850 bits per heavy atom. The van der Waals surface area contributed by atoms with Crippen molar-refractivity contribution in [2.24, 2.45) is 28.2 Å². The average molecular weight is 1130 g/mol. The third-order valence-electron chi connectivity index (χ3n) is 5.76. The number of aryl methyl sites for hydroxylation is 10. The maximum absolute atomic E-state index is 3.83.